The van der Waals surface area contributed by atoms with Crippen LogP contribution in [0.3, 0.4) is 0 Å². The van der Waals surface area contributed by atoms with Gasteiger partial charge < -0.3 is 5.32 Å². The number of carbonyl (C=O) groups excluding carboxylic acids is 1. The highest BCUT2D eigenvalue weighted by Crippen LogP contribution is 2.29. The van der Waals surface area contributed by atoms with Crippen LogP contribution in [0.15, 0.2) is 18.2 Å². The number of nitro benzene ring substituents is 1. The molecule has 0 unspecified atom stereocenters. The normalized spacial score (nSPS) is 22.8. The maximum Gasteiger partial charge on any atom is 0.283 e. The van der Waals surface area contributed by atoms with Crippen molar-refractivity contribution < 1.29 is 9.72 Å². The number of thiocarbonyl (C=S) groups is 1. The average Bonchev–Trinajstić information content (AvgIpc) is 2.56. The number of nitrogens with zero attached hydrogens (tertiary/aromatic N) is 1. The molecule has 0 bridgehead atoms. The Morgan fingerprint density at radius 3 is 2.72 bits per heavy atom. The van der Waals surface area contributed by atoms with Gasteiger partial charge in [0.1, 0.15) is 5.56 Å². The number of nitro groups is 1. The van der Waals surface area contributed by atoms with Crippen LogP contribution < -0.4 is 16.2 Å². The topological polar surface area (TPSA) is 96.3 Å². The molecular weight excluding hydrogens is 364 g/mol. The van der Waals surface area contributed by atoms with E-state index in [1.165, 1.54) is 18.6 Å². The third-order valence-electron chi connectivity index (χ3n) is 4.71. The summed E-state index contributed by atoms with van der Waals surface area (Å²) in [5, 5.41) is 14.7. The molecule has 2 rings (SSSR count). The van der Waals surface area contributed by atoms with Gasteiger partial charge in [0.2, 0.25) is 0 Å². The van der Waals surface area contributed by atoms with Crippen LogP contribution in [0.2, 0.25) is 5.02 Å². The number of hydrogen-bond acceptors (Lipinski definition) is 4. The number of nitrogens with one attached hydrogen (secondary N) is 3. The van der Waals surface area contributed by atoms with Crippen LogP contribution in [0.4, 0.5) is 5.69 Å². The van der Waals surface area contributed by atoms with Crippen molar-refractivity contribution in [2.75, 3.05) is 0 Å². The van der Waals surface area contributed by atoms with Gasteiger partial charge in [0.15, 0.2) is 5.11 Å². The van der Waals surface area contributed by atoms with Crippen LogP contribution in [0.25, 0.3) is 0 Å². The monoisotopic (exact) mass is 384 g/mol. The highest BCUT2D eigenvalue weighted by Gasteiger charge is 2.27. The molecule has 0 spiro atoms. The first-order chi connectivity index (χ1) is 11.8. The van der Waals surface area contributed by atoms with Crippen molar-refractivity contribution in [3.05, 3.63) is 38.9 Å². The molecule has 1 aromatic rings. The van der Waals surface area contributed by atoms with Crippen molar-refractivity contribution in [1.82, 2.24) is 16.2 Å². The average molecular weight is 385 g/mol. The highest BCUT2D eigenvalue weighted by atomic mass is 35.5. The molecule has 1 aliphatic rings. The fourth-order valence-corrected chi connectivity index (χ4v) is 3.39. The van der Waals surface area contributed by atoms with Crippen molar-refractivity contribution in [2.45, 2.75) is 39.2 Å². The zero-order valence-electron chi connectivity index (χ0n) is 14.0. The third kappa shape index (κ3) is 5.02. The molecule has 1 fully saturated rings. The first-order valence-electron chi connectivity index (χ1n) is 8.10. The van der Waals surface area contributed by atoms with Crippen molar-refractivity contribution in [3.8, 4) is 0 Å². The lowest BCUT2D eigenvalue weighted by Crippen LogP contribution is -2.52. The van der Waals surface area contributed by atoms with E-state index in [4.69, 9.17) is 23.8 Å². The summed E-state index contributed by atoms with van der Waals surface area (Å²) >= 11 is 11.0. The quantitative estimate of drug-likeness (QED) is 0.420. The maximum absolute atomic E-state index is 12.2. The fraction of sp³-hybridized carbons (Fsp3) is 0.500. The summed E-state index contributed by atoms with van der Waals surface area (Å²) in [6, 6.07) is 4.10. The minimum atomic E-state index is -0.655. The van der Waals surface area contributed by atoms with E-state index in [1.807, 2.05) is 0 Å². The van der Waals surface area contributed by atoms with Gasteiger partial charge in [-0.1, -0.05) is 38.3 Å². The zero-order chi connectivity index (χ0) is 18.6. The van der Waals surface area contributed by atoms with Crippen molar-refractivity contribution in [3.63, 3.8) is 0 Å². The van der Waals surface area contributed by atoms with Gasteiger partial charge in [-0.25, -0.2) is 0 Å². The summed E-state index contributed by atoms with van der Waals surface area (Å²) < 4.78 is 0. The summed E-state index contributed by atoms with van der Waals surface area (Å²) in [5.41, 5.74) is 4.54. The van der Waals surface area contributed by atoms with Gasteiger partial charge in [-0.15, -0.1) is 0 Å². The first kappa shape index (κ1) is 19.4. The molecule has 1 amide bonds. The minimum absolute atomic E-state index is 0.0932. The van der Waals surface area contributed by atoms with E-state index >= 15 is 0 Å². The Hall–Kier alpha value is -1.93. The second-order valence-electron chi connectivity index (χ2n) is 6.34. The van der Waals surface area contributed by atoms with E-state index in [-0.39, 0.29) is 27.4 Å². The molecule has 0 radical (unpaired) electrons. The van der Waals surface area contributed by atoms with Crippen LogP contribution in [0.5, 0.6) is 0 Å². The van der Waals surface area contributed by atoms with Crippen molar-refractivity contribution in [2.24, 2.45) is 11.8 Å². The van der Waals surface area contributed by atoms with Gasteiger partial charge in [-0.2, -0.15) is 0 Å². The van der Waals surface area contributed by atoms with E-state index in [0.717, 1.165) is 18.9 Å². The summed E-state index contributed by atoms with van der Waals surface area (Å²) in [4.78, 5) is 22.6. The number of hydrogen-bond donors (Lipinski definition) is 3. The van der Waals surface area contributed by atoms with E-state index in [9.17, 15) is 14.9 Å². The number of benzene rings is 1. The van der Waals surface area contributed by atoms with E-state index in [0.29, 0.717) is 11.8 Å². The Labute approximate surface area is 156 Å². The molecule has 0 saturated heterocycles. The highest BCUT2D eigenvalue weighted by molar-refractivity contribution is 7.80. The Bertz CT molecular complexity index is 685. The number of hydrazine groups is 1. The lowest BCUT2D eigenvalue weighted by Gasteiger charge is -2.35. The Balaban J connectivity index is 1.94. The molecule has 0 aromatic heterocycles. The molecule has 136 valence electrons. The summed E-state index contributed by atoms with van der Waals surface area (Å²) in [6.07, 6.45) is 3.36. The van der Waals surface area contributed by atoms with Gasteiger partial charge in [-0.3, -0.25) is 25.8 Å². The molecule has 0 aliphatic heterocycles. The zero-order valence-corrected chi connectivity index (χ0v) is 15.6. The fourth-order valence-electron chi connectivity index (χ4n) is 3.02. The number of carbonyl (C=O) groups is 1. The van der Waals surface area contributed by atoms with Gasteiger partial charge in [0, 0.05) is 17.1 Å². The molecule has 1 aromatic carbocycles. The molecular formula is C16H21ClN4O3S. The molecule has 25 heavy (non-hydrogen) atoms. The summed E-state index contributed by atoms with van der Waals surface area (Å²) in [6.45, 7) is 4.40. The molecule has 1 saturated carbocycles. The van der Waals surface area contributed by atoms with Crippen LogP contribution in [0, 0.1) is 22.0 Å². The van der Waals surface area contributed by atoms with Crippen LogP contribution in [0.1, 0.15) is 43.5 Å². The predicted molar refractivity (Wildman–Crippen MR) is 100 cm³/mol. The Morgan fingerprint density at radius 2 is 2.04 bits per heavy atom. The van der Waals surface area contributed by atoms with Gasteiger partial charge in [0.25, 0.3) is 11.6 Å². The number of rotatable bonds is 3. The lowest BCUT2D eigenvalue weighted by atomic mass is 9.78. The number of halogens is 1. The van der Waals surface area contributed by atoms with Crippen LogP contribution in [-0.4, -0.2) is 22.0 Å². The van der Waals surface area contributed by atoms with Gasteiger partial charge in [-0.05, 0) is 42.6 Å². The predicted octanol–water partition coefficient (Wildman–Crippen LogP) is 3.18. The Morgan fingerprint density at radius 1 is 1.32 bits per heavy atom. The lowest BCUT2D eigenvalue weighted by molar-refractivity contribution is -0.385. The molecule has 7 nitrogen and oxygen atoms in total. The molecule has 1 aliphatic carbocycles. The summed E-state index contributed by atoms with van der Waals surface area (Å²) in [7, 11) is 0. The van der Waals surface area contributed by atoms with Crippen LogP contribution in [-0.2, 0) is 0 Å². The SMILES string of the molecule is C[C@@H]1[C@H](C)CCC[C@H]1NC(=S)NNC(=O)c1ccc(Cl)cc1[N+](=O)[O-]. The minimum Gasteiger partial charge on any atom is -0.358 e. The molecule has 3 atom stereocenters. The van der Waals surface area contributed by atoms with Crippen LogP contribution >= 0.6 is 23.8 Å². The third-order valence-corrected chi connectivity index (χ3v) is 5.17. The van der Waals surface area contributed by atoms with Gasteiger partial charge in [0.05, 0.1) is 4.92 Å². The van der Waals surface area contributed by atoms with E-state index < -0.39 is 10.8 Å². The smallest absolute Gasteiger partial charge is 0.283 e. The molecule has 9 heteroatoms. The van der Waals surface area contributed by atoms with E-state index in [2.05, 4.69) is 30.0 Å². The molecule has 3 N–H and O–H groups in total. The van der Waals surface area contributed by atoms with Gasteiger partial charge >= 0.3 is 0 Å². The number of amides is 1. The second kappa shape index (κ2) is 8.44. The van der Waals surface area contributed by atoms with E-state index in [1.54, 1.807) is 0 Å². The van der Waals surface area contributed by atoms with Crippen molar-refractivity contribution in [1.29, 1.82) is 0 Å². The second-order valence-corrected chi connectivity index (χ2v) is 7.19. The Kier molecular flexibility index (Phi) is 6.55. The largest absolute Gasteiger partial charge is 0.358 e. The standard InChI is InChI=1S/C16H21ClN4O3S/c1-9-4-3-5-13(10(9)2)18-16(25)20-19-15(22)12-7-6-11(17)8-14(12)21(23)24/h6-10,13H,3-5H2,1-2H3,(H,19,22)(H2,18,20,25)/t9-,10-,13-/m1/s1. The van der Waals surface area contributed by atoms with Crippen molar-refractivity contribution >= 4 is 40.5 Å². The maximum atomic E-state index is 12.2. The molecule has 0 heterocycles. The summed E-state index contributed by atoms with van der Waals surface area (Å²) in [5.74, 6) is 0.430. The first-order valence-corrected chi connectivity index (χ1v) is 8.89.